The van der Waals surface area contributed by atoms with E-state index >= 15 is 0 Å². The van der Waals surface area contributed by atoms with Gasteiger partial charge in [0.15, 0.2) is 0 Å². The molecule has 36 heavy (non-hydrogen) atoms. The Morgan fingerprint density at radius 1 is 1.03 bits per heavy atom. The number of nitrogens with one attached hydrogen (secondary N) is 1. The topological polar surface area (TPSA) is 107 Å². The van der Waals surface area contributed by atoms with Crippen molar-refractivity contribution in [2.45, 2.75) is 0 Å². The number of piperazine rings is 1. The maximum Gasteiger partial charge on any atom is 0.321 e. The molecule has 2 aliphatic heterocycles. The van der Waals surface area contributed by atoms with E-state index in [0.717, 1.165) is 55.3 Å². The second-order valence-electron chi connectivity index (χ2n) is 8.77. The van der Waals surface area contributed by atoms with Crippen LogP contribution in [-0.2, 0) is 4.74 Å². The van der Waals surface area contributed by atoms with Crippen LogP contribution >= 0.6 is 0 Å². The van der Waals surface area contributed by atoms with Crippen LogP contribution in [-0.4, -0.2) is 91.4 Å². The predicted octanol–water partition coefficient (Wildman–Crippen LogP) is 2.57. The summed E-state index contributed by atoms with van der Waals surface area (Å²) in [5.74, 6) is 1.66. The van der Waals surface area contributed by atoms with E-state index in [1.807, 2.05) is 18.2 Å². The van der Waals surface area contributed by atoms with E-state index in [0.29, 0.717) is 44.0 Å². The molecular weight excluding hydrogens is 458 g/mol. The van der Waals surface area contributed by atoms with Crippen LogP contribution in [0.1, 0.15) is 5.56 Å². The van der Waals surface area contributed by atoms with Crippen molar-refractivity contribution < 1.29 is 14.3 Å². The number of nitrogens with zero attached hydrogens (tertiary/aromatic N) is 6. The Labute approximate surface area is 210 Å². The predicted molar refractivity (Wildman–Crippen MR) is 136 cm³/mol. The summed E-state index contributed by atoms with van der Waals surface area (Å²) in [5, 5.41) is 12.8. The van der Waals surface area contributed by atoms with Crippen LogP contribution in [0.15, 0.2) is 48.8 Å². The molecule has 2 aromatic carbocycles. The number of nitriles is 1. The van der Waals surface area contributed by atoms with Crippen molar-refractivity contribution >= 4 is 28.4 Å². The van der Waals surface area contributed by atoms with Crippen molar-refractivity contribution in [2.24, 2.45) is 0 Å². The molecular formula is C26H29N7O3. The lowest BCUT2D eigenvalue weighted by molar-refractivity contribution is 0.0322. The van der Waals surface area contributed by atoms with Gasteiger partial charge >= 0.3 is 6.03 Å². The molecule has 2 aliphatic rings. The normalized spacial score (nSPS) is 16.5. The molecule has 3 heterocycles. The summed E-state index contributed by atoms with van der Waals surface area (Å²) in [6.45, 7) is 7.46. The van der Waals surface area contributed by atoms with Crippen molar-refractivity contribution in [1.29, 1.82) is 5.26 Å². The van der Waals surface area contributed by atoms with E-state index in [4.69, 9.17) is 14.7 Å². The third-order valence-corrected chi connectivity index (χ3v) is 6.50. The van der Waals surface area contributed by atoms with E-state index in [1.54, 1.807) is 35.5 Å². The third-order valence-electron chi connectivity index (χ3n) is 6.50. The summed E-state index contributed by atoms with van der Waals surface area (Å²) >= 11 is 0. The largest absolute Gasteiger partial charge is 0.492 e. The lowest BCUT2D eigenvalue weighted by Gasteiger charge is -2.35. The van der Waals surface area contributed by atoms with Crippen molar-refractivity contribution in [2.75, 3.05) is 75.9 Å². The number of hydrogen-bond acceptors (Lipinski definition) is 8. The standard InChI is InChI=1S/C26H29N7O3/c27-18-20-1-3-21(4-2-20)30-26(34)33-9-7-32(8-10-33)25-23-6-5-22(17-24(23)28-19-29-25)36-16-13-31-11-14-35-15-12-31/h1-6,17,19H,7-16H2,(H,30,34). The zero-order valence-electron chi connectivity index (χ0n) is 20.1. The Morgan fingerprint density at radius 2 is 1.81 bits per heavy atom. The molecule has 0 saturated carbocycles. The van der Waals surface area contributed by atoms with Crippen LogP contribution < -0.4 is 15.0 Å². The molecule has 0 unspecified atom stereocenters. The highest BCUT2D eigenvalue weighted by Crippen LogP contribution is 2.27. The Bertz CT molecular complexity index is 1230. The first-order valence-corrected chi connectivity index (χ1v) is 12.2. The second-order valence-corrected chi connectivity index (χ2v) is 8.77. The van der Waals surface area contributed by atoms with E-state index in [2.05, 4.69) is 31.2 Å². The summed E-state index contributed by atoms with van der Waals surface area (Å²) in [6, 6.07) is 14.7. The maximum atomic E-state index is 12.7. The number of carbonyl (C=O) groups is 1. The maximum absolute atomic E-state index is 12.7. The van der Waals surface area contributed by atoms with Gasteiger partial charge in [0.1, 0.15) is 24.5 Å². The van der Waals surface area contributed by atoms with E-state index in [-0.39, 0.29) is 6.03 Å². The van der Waals surface area contributed by atoms with Gasteiger partial charge in [0.25, 0.3) is 0 Å². The lowest BCUT2D eigenvalue weighted by atomic mass is 10.2. The molecule has 0 radical (unpaired) electrons. The first-order valence-electron chi connectivity index (χ1n) is 12.2. The van der Waals surface area contributed by atoms with Gasteiger partial charge in [0.2, 0.25) is 0 Å². The second kappa shape index (κ2) is 11.2. The molecule has 10 heteroatoms. The van der Waals surface area contributed by atoms with Gasteiger partial charge in [-0.2, -0.15) is 5.26 Å². The van der Waals surface area contributed by atoms with Gasteiger partial charge in [-0.1, -0.05) is 0 Å². The molecule has 186 valence electrons. The zero-order chi connectivity index (χ0) is 24.7. The first kappa shape index (κ1) is 23.8. The molecule has 2 amide bonds. The summed E-state index contributed by atoms with van der Waals surface area (Å²) in [6.07, 6.45) is 1.58. The Balaban J connectivity index is 1.17. The number of carbonyl (C=O) groups excluding carboxylic acids is 1. The van der Waals surface area contributed by atoms with Crippen LogP contribution in [0.4, 0.5) is 16.3 Å². The van der Waals surface area contributed by atoms with E-state index in [1.165, 1.54) is 0 Å². The fraction of sp³-hybridized carbons (Fsp3) is 0.385. The van der Waals surface area contributed by atoms with Crippen LogP contribution in [0, 0.1) is 11.3 Å². The van der Waals surface area contributed by atoms with E-state index < -0.39 is 0 Å². The highest BCUT2D eigenvalue weighted by atomic mass is 16.5. The first-order chi connectivity index (χ1) is 17.7. The fourth-order valence-corrected chi connectivity index (χ4v) is 4.43. The number of urea groups is 1. The Morgan fingerprint density at radius 3 is 2.56 bits per heavy atom. The number of hydrogen-bond donors (Lipinski definition) is 1. The van der Waals surface area contributed by atoms with Gasteiger partial charge in [-0.05, 0) is 36.4 Å². The molecule has 0 spiro atoms. The Hall–Kier alpha value is -3.94. The van der Waals surface area contributed by atoms with Crippen molar-refractivity contribution in [3.8, 4) is 11.8 Å². The SMILES string of the molecule is N#Cc1ccc(NC(=O)N2CCN(c3ncnc4cc(OCCN5CCOCC5)ccc34)CC2)cc1. The summed E-state index contributed by atoms with van der Waals surface area (Å²) in [7, 11) is 0. The number of anilines is 2. The molecule has 0 aliphatic carbocycles. The van der Waals surface area contributed by atoms with Gasteiger partial charge in [-0.3, -0.25) is 4.90 Å². The van der Waals surface area contributed by atoms with Gasteiger partial charge in [0.05, 0.1) is 30.4 Å². The number of fused-ring (bicyclic) bond motifs is 1. The van der Waals surface area contributed by atoms with Crippen molar-refractivity contribution in [3.05, 3.63) is 54.4 Å². The fourth-order valence-electron chi connectivity index (χ4n) is 4.43. The third kappa shape index (κ3) is 5.64. The molecule has 0 atom stereocenters. The van der Waals surface area contributed by atoms with Crippen LogP contribution in [0.3, 0.4) is 0 Å². The number of morpholine rings is 1. The lowest BCUT2D eigenvalue weighted by Crippen LogP contribution is -2.50. The van der Waals surface area contributed by atoms with Gasteiger partial charge in [-0.15, -0.1) is 0 Å². The van der Waals surface area contributed by atoms with Crippen LogP contribution in [0.2, 0.25) is 0 Å². The minimum Gasteiger partial charge on any atom is -0.492 e. The molecule has 5 rings (SSSR count). The van der Waals surface area contributed by atoms with Gasteiger partial charge in [0, 0.05) is 63.0 Å². The Kier molecular flexibility index (Phi) is 7.40. The number of benzene rings is 2. The average molecular weight is 488 g/mol. The van der Waals surface area contributed by atoms with E-state index in [9.17, 15) is 4.79 Å². The quantitative estimate of drug-likeness (QED) is 0.566. The van der Waals surface area contributed by atoms with Crippen LogP contribution in [0.25, 0.3) is 10.9 Å². The number of amides is 2. The van der Waals surface area contributed by atoms with Crippen molar-refractivity contribution in [3.63, 3.8) is 0 Å². The van der Waals surface area contributed by atoms with Gasteiger partial charge < -0.3 is 24.6 Å². The molecule has 1 aromatic heterocycles. The molecule has 10 nitrogen and oxygen atoms in total. The minimum absolute atomic E-state index is 0.147. The summed E-state index contributed by atoms with van der Waals surface area (Å²) < 4.78 is 11.4. The number of aromatic nitrogens is 2. The monoisotopic (exact) mass is 487 g/mol. The molecule has 1 N–H and O–H groups in total. The number of ether oxygens (including phenoxy) is 2. The molecule has 0 bridgehead atoms. The summed E-state index contributed by atoms with van der Waals surface area (Å²) in [4.78, 5) is 28.0. The average Bonchev–Trinajstić information content (AvgIpc) is 2.94. The highest BCUT2D eigenvalue weighted by molar-refractivity contribution is 5.91. The minimum atomic E-state index is -0.147. The molecule has 2 saturated heterocycles. The highest BCUT2D eigenvalue weighted by Gasteiger charge is 2.23. The molecule has 3 aromatic rings. The van der Waals surface area contributed by atoms with Gasteiger partial charge in [-0.25, -0.2) is 14.8 Å². The smallest absolute Gasteiger partial charge is 0.321 e. The zero-order valence-corrected chi connectivity index (χ0v) is 20.1. The van der Waals surface area contributed by atoms with Crippen molar-refractivity contribution in [1.82, 2.24) is 19.8 Å². The van der Waals surface area contributed by atoms with Crippen LogP contribution in [0.5, 0.6) is 5.75 Å². The summed E-state index contributed by atoms with van der Waals surface area (Å²) in [5.41, 5.74) is 2.07. The number of rotatable bonds is 6. The molecule has 2 fully saturated rings.